The Morgan fingerprint density at radius 3 is 2.53 bits per heavy atom. The summed E-state index contributed by atoms with van der Waals surface area (Å²) in [6.45, 7) is 4.92. The number of amides is 1. The lowest BCUT2D eigenvalue weighted by Crippen LogP contribution is -2.48. The number of nitrogens with two attached hydrogens (primary N) is 1. The van der Waals surface area contributed by atoms with Gasteiger partial charge in [-0.15, -0.1) is 0 Å². The monoisotopic (exact) mass is 466 g/mol. The highest BCUT2D eigenvalue weighted by Crippen LogP contribution is 2.29. The van der Waals surface area contributed by atoms with Crippen LogP contribution in [0.25, 0.3) is 10.9 Å². The largest absolute Gasteiger partial charge is 0.486 e. The van der Waals surface area contributed by atoms with Crippen LogP contribution in [0.5, 0.6) is 5.75 Å². The number of morpholine rings is 1. The zero-order chi connectivity index (χ0) is 24.1. The van der Waals surface area contributed by atoms with E-state index in [-0.39, 0.29) is 18.2 Å². The van der Waals surface area contributed by atoms with E-state index in [0.717, 1.165) is 5.56 Å². The molecule has 0 spiro atoms. The van der Waals surface area contributed by atoms with Gasteiger partial charge in [0.1, 0.15) is 18.2 Å². The third-order valence-electron chi connectivity index (χ3n) is 6.02. The predicted molar refractivity (Wildman–Crippen MR) is 127 cm³/mol. The third-order valence-corrected chi connectivity index (χ3v) is 6.02. The number of para-hydroxylation sites is 1. The first-order chi connectivity index (χ1) is 16.5. The van der Waals surface area contributed by atoms with Crippen LogP contribution in [-0.4, -0.2) is 59.4 Å². The molecule has 3 aromatic rings. The summed E-state index contributed by atoms with van der Waals surface area (Å²) in [6.07, 6.45) is -0.772. The van der Waals surface area contributed by atoms with Crippen LogP contribution in [-0.2, 0) is 27.9 Å². The summed E-state index contributed by atoms with van der Waals surface area (Å²) >= 11 is 0. The average Bonchev–Trinajstić information content (AvgIpc) is 2.86. The molecule has 180 valence electrons. The summed E-state index contributed by atoms with van der Waals surface area (Å²) in [5, 5.41) is 0.575. The Morgan fingerprint density at radius 2 is 1.85 bits per heavy atom. The SMILES string of the molecule is CCOC(C(N)=O)C(c1ccc(OCc2nc3ccccc3c(=O)n2C)cc1)N1CCOCC1. The number of hydrogen-bond donors (Lipinski definition) is 1. The number of benzene rings is 2. The summed E-state index contributed by atoms with van der Waals surface area (Å²) in [6, 6.07) is 14.4. The molecule has 34 heavy (non-hydrogen) atoms. The smallest absolute Gasteiger partial charge is 0.261 e. The van der Waals surface area contributed by atoms with Crippen LogP contribution in [0.15, 0.2) is 53.3 Å². The Kier molecular flexibility index (Phi) is 7.56. The van der Waals surface area contributed by atoms with E-state index in [9.17, 15) is 9.59 Å². The van der Waals surface area contributed by atoms with Gasteiger partial charge in [0, 0.05) is 26.7 Å². The molecule has 1 fully saturated rings. The highest BCUT2D eigenvalue weighted by atomic mass is 16.5. The van der Waals surface area contributed by atoms with Gasteiger partial charge in [-0.05, 0) is 36.8 Å². The molecule has 2 heterocycles. The minimum atomic E-state index is -0.772. The van der Waals surface area contributed by atoms with Gasteiger partial charge in [0.25, 0.3) is 5.56 Å². The van der Waals surface area contributed by atoms with Gasteiger partial charge >= 0.3 is 0 Å². The third kappa shape index (κ3) is 5.11. The molecule has 2 atom stereocenters. The van der Waals surface area contributed by atoms with Crippen molar-refractivity contribution in [2.24, 2.45) is 12.8 Å². The molecule has 2 aromatic carbocycles. The fourth-order valence-corrected chi connectivity index (χ4v) is 4.24. The topological polar surface area (TPSA) is 109 Å². The minimum Gasteiger partial charge on any atom is -0.486 e. The molecule has 2 unspecified atom stereocenters. The van der Waals surface area contributed by atoms with E-state index in [1.54, 1.807) is 13.1 Å². The van der Waals surface area contributed by atoms with Crippen molar-refractivity contribution in [3.8, 4) is 5.75 Å². The molecule has 2 N–H and O–H groups in total. The van der Waals surface area contributed by atoms with E-state index in [4.69, 9.17) is 19.9 Å². The zero-order valence-corrected chi connectivity index (χ0v) is 19.5. The van der Waals surface area contributed by atoms with Crippen molar-refractivity contribution in [1.82, 2.24) is 14.5 Å². The predicted octanol–water partition coefficient (Wildman–Crippen LogP) is 1.78. The van der Waals surface area contributed by atoms with E-state index >= 15 is 0 Å². The van der Waals surface area contributed by atoms with Gasteiger partial charge in [-0.2, -0.15) is 0 Å². The van der Waals surface area contributed by atoms with Gasteiger partial charge in [-0.3, -0.25) is 19.1 Å². The maximum atomic E-state index is 12.6. The Morgan fingerprint density at radius 1 is 1.15 bits per heavy atom. The van der Waals surface area contributed by atoms with Crippen molar-refractivity contribution < 1.29 is 19.0 Å². The quantitative estimate of drug-likeness (QED) is 0.512. The second kappa shape index (κ2) is 10.8. The van der Waals surface area contributed by atoms with Gasteiger partial charge in [-0.1, -0.05) is 24.3 Å². The number of primary amides is 1. The van der Waals surface area contributed by atoms with Crippen molar-refractivity contribution >= 4 is 16.8 Å². The number of carbonyl (C=O) groups is 1. The van der Waals surface area contributed by atoms with E-state index in [0.29, 0.717) is 55.4 Å². The average molecular weight is 467 g/mol. The number of aromatic nitrogens is 2. The van der Waals surface area contributed by atoms with Gasteiger partial charge in [0.15, 0.2) is 6.10 Å². The van der Waals surface area contributed by atoms with Crippen molar-refractivity contribution in [1.29, 1.82) is 0 Å². The van der Waals surface area contributed by atoms with Crippen molar-refractivity contribution in [2.45, 2.75) is 25.7 Å². The van der Waals surface area contributed by atoms with E-state index in [2.05, 4.69) is 9.88 Å². The molecule has 0 radical (unpaired) electrons. The van der Waals surface area contributed by atoms with E-state index in [1.807, 2.05) is 49.4 Å². The molecular weight excluding hydrogens is 436 g/mol. The van der Waals surface area contributed by atoms with Crippen LogP contribution >= 0.6 is 0 Å². The highest BCUT2D eigenvalue weighted by molar-refractivity contribution is 5.80. The molecule has 1 aliphatic heterocycles. The lowest BCUT2D eigenvalue weighted by molar-refractivity contribution is -0.136. The lowest BCUT2D eigenvalue weighted by atomic mass is 9.98. The van der Waals surface area contributed by atoms with Crippen molar-refractivity contribution in [3.05, 3.63) is 70.3 Å². The van der Waals surface area contributed by atoms with Gasteiger partial charge in [0.05, 0.1) is 30.2 Å². The molecule has 1 amide bonds. The number of hydrogen-bond acceptors (Lipinski definition) is 7. The number of carbonyl (C=O) groups excluding carboxylic acids is 1. The molecule has 9 nitrogen and oxygen atoms in total. The van der Waals surface area contributed by atoms with E-state index in [1.165, 1.54) is 4.57 Å². The standard InChI is InChI=1S/C25H30N4O5/c1-3-33-23(24(26)30)22(29-12-14-32-15-13-29)17-8-10-18(11-9-17)34-16-21-27-20-7-5-4-6-19(20)25(31)28(21)2/h4-11,22-23H,3,12-16H2,1-2H3,(H2,26,30). The molecule has 1 aromatic heterocycles. The molecule has 0 saturated carbocycles. The summed E-state index contributed by atoms with van der Waals surface area (Å²) in [4.78, 5) is 31.6. The van der Waals surface area contributed by atoms with Gasteiger partial charge in [0.2, 0.25) is 5.91 Å². The van der Waals surface area contributed by atoms with Gasteiger partial charge < -0.3 is 19.9 Å². The minimum absolute atomic E-state index is 0.110. The Labute approximate surface area is 198 Å². The summed E-state index contributed by atoms with van der Waals surface area (Å²) in [7, 11) is 1.69. The van der Waals surface area contributed by atoms with Crippen LogP contribution in [0.1, 0.15) is 24.4 Å². The van der Waals surface area contributed by atoms with Crippen LogP contribution in [0, 0.1) is 0 Å². The number of rotatable bonds is 9. The first kappa shape index (κ1) is 23.9. The fourth-order valence-electron chi connectivity index (χ4n) is 4.24. The maximum absolute atomic E-state index is 12.6. The van der Waals surface area contributed by atoms with Crippen molar-refractivity contribution in [3.63, 3.8) is 0 Å². The summed E-state index contributed by atoms with van der Waals surface area (Å²) < 4.78 is 18.7. The summed E-state index contributed by atoms with van der Waals surface area (Å²) in [5.74, 6) is 0.657. The second-order valence-corrected chi connectivity index (χ2v) is 8.14. The van der Waals surface area contributed by atoms with Crippen LogP contribution in [0.3, 0.4) is 0 Å². The maximum Gasteiger partial charge on any atom is 0.261 e. The van der Waals surface area contributed by atoms with Crippen LogP contribution in [0.2, 0.25) is 0 Å². The lowest BCUT2D eigenvalue weighted by Gasteiger charge is -2.38. The Bertz CT molecular complexity index is 1190. The van der Waals surface area contributed by atoms with Gasteiger partial charge in [-0.25, -0.2) is 4.98 Å². The molecule has 9 heteroatoms. The number of ether oxygens (including phenoxy) is 3. The second-order valence-electron chi connectivity index (χ2n) is 8.14. The molecule has 1 aliphatic rings. The Hall–Kier alpha value is -3.27. The molecule has 0 aliphatic carbocycles. The molecule has 4 rings (SSSR count). The van der Waals surface area contributed by atoms with E-state index < -0.39 is 12.0 Å². The summed E-state index contributed by atoms with van der Waals surface area (Å²) in [5.41, 5.74) is 7.13. The number of fused-ring (bicyclic) bond motifs is 1. The molecule has 0 bridgehead atoms. The molecule has 1 saturated heterocycles. The van der Waals surface area contributed by atoms with Crippen molar-refractivity contribution in [2.75, 3.05) is 32.9 Å². The zero-order valence-electron chi connectivity index (χ0n) is 19.5. The molecular formula is C25H30N4O5. The van der Waals surface area contributed by atoms with Crippen LogP contribution in [0.4, 0.5) is 0 Å². The Balaban J connectivity index is 1.54. The number of nitrogens with zero attached hydrogens (tertiary/aromatic N) is 3. The first-order valence-corrected chi connectivity index (χ1v) is 11.4. The fraction of sp³-hybridized carbons (Fsp3) is 0.400. The normalized spacial score (nSPS) is 16.3. The van der Waals surface area contributed by atoms with Crippen LogP contribution < -0.4 is 16.0 Å². The highest BCUT2D eigenvalue weighted by Gasteiger charge is 2.34. The first-order valence-electron chi connectivity index (χ1n) is 11.4.